The monoisotopic (exact) mass is 240 g/mol. The number of rotatable bonds is 6. The summed E-state index contributed by atoms with van der Waals surface area (Å²) >= 11 is 0. The molecule has 1 aliphatic heterocycles. The lowest BCUT2D eigenvalue weighted by molar-refractivity contribution is -0.127. The van der Waals surface area contributed by atoms with Crippen molar-refractivity contribution >= 4 is 11.7 Å². The zero-order valence-electron chi connectivity index (χ0n) is 10.8. The van der Waals surface area contributed by atoms with Crippen molar-refractivity contribution in [3.8, 4) is 0 Å². The van der Waals surface area contributed by atoms with Crippen LogP contribution in [0.1, 0.15) is 45.4 Å². The zero-order chi connectivity index (χ0) is 12.5. The minimum atomic E-state index is -0.145. The third-order valence-electron chi connectivity index (χ3n) is 3.08. The van der Waals surface area contributed by atoms with E-state index in [2.05, 4.69) is 10.2 Å². The van der Waals surface area contributed by atoms with Gasteiger partial charge < -0.3 is 10.2 Å². The van der Waals surface area contributed by atoms with E-state index in [1.165, 1.54) is 45.7 Å². The lowest BCUT2D eigenvalue weighted by Crippen LogP contribution is -2.31. The van der Waals surface area contributed by atoms with E-state index < -0.39 is 0 Å². The van der Waals surface area contributed by atoms with E-state index in [0.29, 0.717) is 6.54 Å². The highest BCUT2D eigenvalue weighted by atomic mass is 16.2. The van der Waals surface area contributed by atoms with Gasteiger partial charge in [0.05, 0.1) is 6.42 Å². The topological polar surface area (TPSA) is 49.4 Å². The Bertz CT molecular complexity index is 246. The Hall–Kier alpha value is -0.900. The molecular weight excluding hydrogens is 216 g/mol. The van der Waals surface area contributed by atoms with Gasteiger partial charge in [0.15, 0.2) is 0 Å². The van der Waals surface area contributed by atoms with E-state index in [0.717, 1.165) is 13.0 Å². The summed E-state index contributed by atoms with van der Waals surface area (Å²) in [6.45, 7) is 5.57. The summed E-state index contributed by atoms with van der Waals surface area (Å²) in [6, 6.07) is 0. The lowest BCUT2D eigenvalue weighted by atomic mass is 10.2. The number of nitrogens with zero attached hydrogens (tertiary/aromatic N) is 1. The molecule has 0 bridgehead atoms. The molecule has 1 N–H and O–H groups in total. The van der Waals surface area contributed by atoms with Gasteiger partial charge in [-0.3, -0.25) is 9.59 Å². The Kier molecular flexibility index (Phi) is 6.86. The minimum Gasteiger partial charge on any atom is -0.356 e. The fourth-order valence-electron chi connectivity index (χ4n) is 2.18. The number of carbonyl (C=O) groups excluding carboxylic acids is 2. The van der Waals surface area contributed by atoms with Crippen LogP contribution in [0.2, 0.25) is 0 Å². The first-order chi connectivity index (χ1) is 8.18. The summed E-state index contributed by atoms with van der Waals surface area (Å²) in [6.07, 6.45) is 6.30. The second-order valence-electron chi connectivity index (χ2n) is 4.84. The van der Waals surface area contributed by atoms with E-state index >= 15 is 0 Å². The first-order valence-electron chi connectivity index (χ1n) is 6.67. The fraction of sp³-hybridized carbons (Fsp3) is 0.846. The van der Waals surface area contributed by atoms with Crippen molar-refractivity contribution in [2.75, 3.05) is 26.2 Å². The first kappa shape index (κ1) is 14.2. The maximum Gasteiger partial charge on any atom is 0.227 e. The average Bonchev–Trinajstić information content (AvgIpc) is 2.52. The van der Waals surface area contributed by atoms with Gasteiger partial charge in [-0.15, -0.1) is 0 Å². The molecule has 0 aliphatic carbocycles. The van der Waals surface area contributed by atoms with Gasteiger partial charge in [-0.1, -0.05) is 12.8 Å². The maximum atomic E-state index is 11.2. The van der Waals surface area contributed by atoms with E-state index in [9.17, 15) is 9.59 Å². The molecule has 0 atom stereocenters. The summed E-state index contributed by atoms with van der Waals surface area (Å²) in [4.78, 5) is 24.4. The van der Waals surface area contributed by atoms with Crippen LogP contribution in [0.25, 0.3) is 0 Å². The highest BCUT2D eigenvalue weighted by Gasteiger charge is 2.08. The summed E-state index contributed by atoms with van der Waals surface area (Å²) in [5, 5.41) is 2.78. The van der Waals surface area contributed by atoms with Gasteiger partial charge >= 0.3 is 0 Å². The van der Waals surface area contributed by atoms with Crippen LogP contribution in [-0.4, -0.2) is 42.8 Å². The molecule has 1 rings (SSSR count). The molecule has 1 fully saturated rings. The van der Waals surface area contributed by atoms with Crippen LogP contribution in [0.5, 0.6) is 0 Å². The molecule has 0 radical (unpaired) electrons. The highest BCUT2D eigenvalue weighted by Crippen LogP contribution is 2.09. The third kappa shape index (κ3) is 7.10. The molecule has 0 saturated carbocycles. The summed E-state index contributed by atoms with van der Waals surface area (Å²) in [7, 11) is 0. The summed E-state index contributed by atoms with van der Waals surface area (Å²) in [5.41, 5.74) is 0. The van der Waals surface area contributed by atoms with Gasteiger partial charge in [-0.05, 0) is 45.8 Å². The summed E-state index contributed by atoms with van der Waals surface area (Å²) < 4.78 is 0. The van der Waals surface area contributed by atoms with Crippen molar-refractivity contribution in [3.63, 3.8) is 0 Å². The maximum absolute atomic E-state index is 11.2. The molecule has 0 spiro atoms. The van der Waals surface area contributed by atoms with Gasteiger partial charge in [0.25, 0.3) is 0 Å². The molecular formula is C13H24N2O2. The van der Waals surface area contributed by atoms with Gasteiger partial charge in [-0.2, -0.15) is 0 Å². The Labute approximate surface area is 104 Å². The Morgan fingerprint density at radius 2 is 1.76 bits per heavy atom. The second-order valence-corrected chi connectivity index (χ2v) is 4.84. The number of carbonyl (C=O) groups is 2. The van der Waals surface area contributed by atoms with Crippen LogP contribution in [0.15, 0.2) is 0 Å². The largest absolute Gasteiger partial charge is 0.356 e. The smallest absolute Gasteiger partial charge is 0.227 e. The van der Waals surface area contributed by atoms with Gasteiger partial charge in [0, 0.05) is 6.54 Å². The highest BCUT2D eigenvalue weighted by molar-refractivity contribution is 5.96. The predicted octanol–water partition coefficient (Wildman–Crippen LogP) is 1.35. The lowest BCUT2D eigenvalue weighted by Gasteiger charge is -2.19. The molecule has 1 aliphatic rings. The molecule has 0 aromatic heterocycles. The van der Waals surface area contributed by atoms with Crippen molar-refractivity contribution in [3.05, 3.63) is 0 Å². The van der Waals surface area contributed by atoms with E-state index in [1.54, 1.807) is 0 Å². The Balaban J connectivity index is 2.02. The summed E-state index contributed by atoms with van der Waals surface area (Å²) in [5.74, 6) is -0.219. The number of likely N-dealkylation sites (tertiary alicyclic amines) is 1. The zero-order valence-corrected chi connectivity index (χ0v) is 10.8. The van der Waals surface area contributed by atoms with Crippen LogP contribution >= 0.6 is 0 Å². The van der Waals surface area contributed by atoms with Crippen molar-refractivity contribution in [1.29, 1.82) is 0 Å². The van der Waals surface area contributed by atoms with Crippen molar-refractivity contribution in [2.45, 2.75) is 45.4 Å². The molecule has 1 heterocycles. The molecule has 0 unspecified atom stereocenters. The number of nitrogens with one attached hydrogen (secondary N) is 1. The van der Waals surface area contributed by atoms with Gasteiger partial charge in [0.1, 0.15) is 5.78 Å². The fourth-order valence-corrected chi connectivity index (χ4v) is 2.18. The molecule has 17 heavy (non-hydrogen) atoms. The van der Waals surface area contributed by atoms with Crippen LogP contribution < -0.4 is 5.32 Å². The molecule has 1 saturated heterocycles. The molecule has 98 valence electrons. The number of hydrogen-bond acceptors (Lipinski definition) is 3. The molecule has 4 nitrogen and oxygen atoms in total. The normalized spacial score (nSPS) is 17.5. The van der Waals surface area contributed by atoms with Crippen LogP contribution in [-0.2, 0) is 9.59 Å². The Morgan fingerprint density at radius 3 is 2.35 bits per heavy atom. The molecule has 0 aromatic carbocycles. The van der Waals surface area contributed by atoms with Crippen LogP contribution in [0, 0.1) is 0 Å². The predicted molar refractivity (Wildman–Crippen MR) is 67.8 cm³/mol. The number of ketones is 1. The number of amides is 1. The SMILES string of the molecule is CC(=O)CC(=O)NCCCN1CCCCCC1. The van der Waals surface area contributed by atoms with Crippen LogP contribution in [0.4, 0.5) is 0 Å². The van der Waals surface area contributed by atoms with Crippen molar-refractivity contribution in [1.82, 2.24) is 10.2 Å². The quantitative estimate of drug-likeness (QED) is 0.563. The van der Waals surface area contributed by atoms with E-state index in [-0.39, 0.29) is 18.1 Å². The number of hydrogen-bond donors (Lipinski definition) is 1. The van der Waals surface area contributed by atoms with E-state index in [1.807, 2.05) is 0 Å². The van der Waals surface area contributed by atoms with Crippen molar-refractivity contribution in [2.24, 2.45) is 0 Å². The molecule has 1 amide bonds. The first-order valence-corrected chi connectivity index (χ1v) is 6.67. The number of Topliss-reactive ketones (excluding diaryl/α,β-unsaturated/α-hetero) is 1. The van der Waals surface area contributed by atoms with Gasteiger partial charge in [-0.25, -0.2) is 0 Å². The van der Waals surface area contributed by atoms with Gasteiger partial charge in [0.2, 0.25) is 5.91 Å². The standard InChI is InChI=1S/C13H24N2O2/c1-12(16)11-13(17)14-7-6-10-15-8-4-2-3-5-9-15/h2-11H2,1H3,(H,14,17). The average molecular weight is 240 g/mol. The second kappa shape index (κ2) is 8.23. The third-order valence-corrected chi connectivity index (χ3v) is 3.08. The van der Waals surface area contributed by atoms with Crippen LogP contribution in [0.3, 0.4) is 0 Å². The minimum absolute atomic E-state index is 0.0176. The van der Waals surface area contributed by atoms with Crippen molar-refractivity contribution < 1.29 is 9.59 Å². The Morgan fingerprint density at radius 1 is 1.12 bits per heavy atom. The van der Waals surface area contributed by atoms with E-state index in [4.69, 9.17) is 0 Å². The molecule has 4 heteroatoms. The molecule has 0 aromatic rings.